The van der Waals surface area contributed by atoms with Gasteiger partial charge in [-0.15, -0.1) is 0 Å². The molecule has 90 valence electrons. The molecule has 3 rings (SSSR count). The smallest absolute Gasteiger partial charge is 0.128 e. The minimum atomic E-state index is 0.615. The molecule has 1 aliphatic rings. The Bertz CT molecular complexity index is 544. The van der Waals surface area contributed by atoms with E-state index in [0.29, 0.717) is 5.92 Å². The van der Waals surface area contributed by atoms with Gasteiger partial charge in [-0.05, 0) is 43.5 Å². The number of methoxy groups -OCH3 is 1. The Hall–Kier alpha value is -1.48. The van der Waals surface area contributed by atoms with Crippen LogP contribution in [0.4, 0.5) is 0 Å². The molecule has 2 aromatic rings. The lowest BCUT2D eigenvalue weighted by atomic mass is 9.98. The Morgan fingerprint density at radius 1 is 1.47 bits per heavy atom. The monoisotopic (exact) mass is 230 g/mol. The third-order valence-electron chi connectivity index (χ3n) is 3.79. The molecule has 1 aliphatic heterocycles. The molecule has 0 amide bonds. The summed E-state index contributed by atoms with van der Waals surface area (Å²) >= 11 is 0. The molecule has 3 heteroatoms. The van der Waals surface area contributed by atoms with E-state index in [1.807, 2.05) is 6.07 Å². The van der Waals surface area contributed by atoms with E-state index in [-0.39, 0.29) is 0 Å². The minimum absolute atomic E-state index is 0.615. The van der Waals surface area contributed by atoms with E-state index in [2.05, 4.69) is 22.8 Å². The molecule has 2 N–H and O–H groups in total. The predicted molar refractivity (Wildman–Crippen MR) is 69.4 cm³/mol. The minimum Gasteiger partial charge on any atom is -0.496 e. The molecule has 1 atom stereocenters. The molecule has 2 heterocycles. The van der Waals surface area contributed by atoms with E-state index in [1.54, 1.807) is 7.11 Å². The number of aryl methyl sites for hydroxylation is 1. The van der Waals surface area contributed by atoms with Crippen molar-refractivity contribution < 1.29 is 4.74 Å². The van der Waals surface area contributed by atoms with Gasteiger partial charge in [-0.3, -0.25) is 0 Å². The average Bonchev–Trinajstić information content (AvgIpc) is 2.76. The molecule has 3 nitrogen and oxygen atoms in total. The third kappa shape index (κ3) is 1.62. The second-order valence-electron chi connectivity index (χ2n) is 4.78. The highest BCUT2D eigenvalue weighted by molar-refractivity contribution is 5.87. The SMILES string of the molecule is COc1cccc2c1cc1n2CC(CN)CC1. The van der Waals surface area contributed by atoms with E-state index in [9.17, 15) is 0 Å². The fraction of sp³-hybridized carbons (Fsp3) is 0.429. The van der Waals surface area contributed by atoms with E-state index >= 15 is 0 Å². The quantitative estimate of drug-likeness (QED) is 0.859. The molecule has 0 radical (unpaired) electrons. The number of benzene rings is 1. The molecule has 17 heavy (non-hydrogen) atoms. The number of hydrogen-bond acceptors (Lipinski definition) is 2. The third-order valence-corrected chi connectivity index (χ3v) is 3.79. The summed E-state index contributed by atoms with van der Waals surface area (Å²) in [5.41, 5.74) is 8.48. The molecule has 0 saturated heterocycles. The summed E-state index contributed by atoms with van der Waals surface area (Å²) in [5.74, 6) is 1.58. The van der Waals surface area contributed by atoms with Gasteiger partial charge in [0.15, 0.2) is 0 Å². The molecular formula is C14H18N2O. The van der Waals surface area contributed by atoms with Crippen LogP contribution in [0.25, 0.3) is 10.9 Å². The summed E-state index contributed by atoms with van der Waals surface area (Å²) < 4.78 is 7.82. The van der Waals surface area contributed by atoms with Crippen LogP contribution in [-0.2, 0) is 13.0 Å². The number of hydrogen-bond donors (Lipinski definition) is 1. The van der Waals surface area contributed by atoms with Crippen molar-refractivity contribution in [2.24, 2.45) is 11.7 Å². The van der Waals surface area contributed by atoms with Gasteiger partial charge in [0.1, 0.15) is 5.75 Å². The summed E-state index contributed by atoms with van der Waals surface area (Å²) in [4.78, 5) is 0. The maximum atomic E-state index is 5.79. The summed E-state index contributed by atoms with van der Waals surface area (Å²) in [5, 5.41) is 1.22. The summed E-state index contributed by atoms with van der Waals surface area (Å²) in [6, 6.07) is 8.51. The van der Waals surface area contributed by atoms with Crippen molar-refractivity contribution in [2.75, 3.05) is 13.7 Å². The van der Waals surface area contributed by atoms with Gasteiger partial charge in [0.05, 0.1) is 12.6 Å². The first-order valence-corrected chi connectivity index (χ1v) is 6.18. The van der Waals surface area contributed by atoms with E-state index in [4.69, 9.17) is 10.5 Å². The Balaban J connectivity index is 2.16. The van der Waals surface area contributed by atoms with E-state index in [0.717, 1.165) is 25.3 Å². The molecule has 0 saturated carbocycles. The first-order valence-electron chi connectivity index (χ1n) is 6.18. The van der Waals surface area contributed by atoms with Gasteiger partial charge in [-0.1, -0.05) is 6.07 Å². The topological polar surface area (TPSA) is 40.2 Å². The Labute approximate surface area is 101 Å². The number of nitrogens with two attached hydrogens (primary N) is 1. The van der Waals surface area contributed by atoms with Crippen LogP contribution in [0.3, 0.4) is 0 Å². The van der Waals surface area contributed by atoms with Crippen molar-refractivity contribution in [3.05, 3.63) is 30.0 Å². The van der Waals surface area contributed by atoms with Crippen molar-refractivity contribution in [1.82, 2.24) is 4.57 Å². The highest BCUT2D eigenvalue weighted by atomic mass is 16.5. The summed E-state index contributed by atoms with van der Waals surface area (Å²) in [6.07, 6.45) is 2.33. The van der Waals surface area contributed by atoms with Crippen molar-refractivity contribution in [3.8, 4) is 5.75 Å². The molecule has 1 unspecified atom stereocenters. The Morgan fingerprint density at radius 2 is 2.35 bits per heavy atom. The van der Waals surface area contributed by atoms with Crippen LogP contribution >= 0.6 is 0 Å². The fourth-order valence-electron chi connectivity index (χ4n) is 2.81. The zero-order chi connectivity index (χ0) is 11.8. The second kappa shape index (κ2) is 4.08. The fourth-order valence-corrected chi connectivity index (χ4v) is 2.81. The highest BCUT2D eigenvalue weighted by Gasteiger charge is 2.20. The lowest BCUT2D eigenvalue weighted by Crippen LogP contribution is -2.25. The normalized spacial score (nSPS) is 19.3. The van der Waals surface area contributed by atoms with Crippen LogP contribution in [0.15, 0.2) is 24.3 Å². The number of fused-ring (bicyclic) bond motifs is 3. The Kier molecular flexibility index (Phi) is 2.56. The molecule has 0 fully saturated rings. The van der Waals surface area contributed by atoms with Crippen LogP contribution in [0.2, 0.25) is 0 Å². The van der Waals surface area contributed by atoms with Crippen LogP contribution in [0, 0.1) is 5.92 Å². The maximum absolute atomic E-state index is 5.79. The van der Waals surface area contributed by atoms with Crippen LogP contribution in [0.1, 0.15) is 12.1 Å². The van der Waals surface area contributed by atoms with Crippen molar-refractivity contribution in [1.29, 1.82) is 0 Å². The van der Waals surface area contributed by atoms with Gasteiger partial charge >= 0.3 is 0 Å². The molecule has 0 spiro atoms. The summed E-state index contributed by atoms with van der Waals surface area (Å²) in [7, 11) is 1.73. The van der Waals surface area contributed by atoms with Crippen LogP contribution in [-0.4, -0.2) is 18.2 Å². The van der Waals surface area contributed by atoms with E-state index in [1.165, 1.54) is 23.0 Å². The Morgan fingerprint density at radius 3 is 3.12 bits per heavy atom. The zero-order valence-electron chi connectivity index (χ0n) is 10.1. The number of aromatic nitrogens is 1. The number of ether oxygens (including phenoxy) is 1. The van der Waals surface area contributed by atoms with Gasteiger partial charge in [0.25, 0.3) is 0 Å². The number of nitrogens with zero attached hydrogens (tertiary/aromatic N) is 1. The van der Waals surface area contributed by atoms with Crippen molar-refractivity contribution >= 4 is 10.9 Å². The molecule has 0 aliphatic carbocycles. The first kappa shape index (κ1) is 10.7. The van der Waals surface area contributed by atoms with Crippen LogP contribution < -0.4 is 10.5 Å². The average molecular weight is 230 g/mol. The van der Waals surface area contributed by atoms with Crippen LogP contribution in [0.5, 0.6) is 5.75 Å². The van der Waals surface area contributed by atoms with Crippen molar-refractivity contribution in [3.63, 3.8) is 0 Å². The first-order chi connectivity index (χ1) is 8.33. The van der Waals surface area contributed by atoms with E-state index < -0.39 is 0 Å². The lowest BCUT2D eigenvalue weighted by Gasteiger charge is -2.24. The number of rotatable bonds is 2. The van der Waals surface area contributed by atoms with Crippen molar-refractivity contribution in [2.45, 2.75) is 19.4 Å². The second-order valence-corrected chi connectivity index (χ2v) is 4.78. The highest BCUT2D eigenvalue weighted by Crippen LogP contribution is 2.32. The predicted octanol–water partition coefficient (Wildman–Crippen LogP) is 2.17. The van der Waals surface area contributed by atoms with Gasteiger partial charge in [0, 0.05) is 17.6 Å². The maximum Gasteiger partial charge on any atom is 0.128 e. The van der Waals surface area contributed by atoms with Gasteiger partial charge < -0.3 is 15.0 Å². The molecule has 1 aromatic heterocycles. The largest absolute Gasteiger partial charge is 0.496 e. The molecule has 0 bridgehead atoms. The summed E-state index contributed by atoms with van der Waals surface area (Å²) in [6.45, 7) is 1.82. The zero-order valence-corrected chi connectivity index (χ0v) is 10.1. The molecular weight excluding hydrogens is 212 g/mol. The molecule has 1 aromatic carbocycles. The van der Waals surface area contributed by atoms with Gasteiger partial charge in [-0.2, -0.15) is 0 Å². The van der Waals surface area contributed by atoms with Gasteiger partial charge in [-0.25, -0.2) is 0 Å². The lowest BCUT2D eigenvalue weighted by molar-refractivity contribution is 0.385. The van der Waals surface area contributed by atoms with Gasteiger partial charge in [0.2, 0.25) is 0 Å². The standard InChI is InChI=1S/C14H18N2O/c1-17-14-4-2-3-13-12(14)7-11-6-5-10(8-15)9-16(11)13/h2-4,7,10H,5-6,8-9,15H2,1H3.